The topological polar surface area (TPSA) is 67.9 Å². The van der Waals surface area contributed by atoms with Crippen molar-refractivity contribution in [3.8, 4) is 0 Å². The highest BCUT2D eigenvalue weighted by atomic mass is 16.6. The zero-order valence-electron chi connectivity index (χ0n) is 11.6. The summed E-state index contributed by atoms with van der Waals surface area (Å²) in [6.07, 6.45) is 1.10. The molecule has 18 heavy (non-hydrogen) atoms. The van der Waals surface area contributed by atoms with Crippen molar-refractivity contribution in [3.05, 3.63) is 0 Å². The van der Waals surface area contributed by atoms with Crippen LogP contribution in [-0.2, 0) is 14.3 Å². The Kier molecular flexibility index (Phi) is 5.14. The number of carbonyl (C=O) groups is 2. The molecular weight excluding hydrogens is 234 g/mol. The van der Waals surface area contributed by atoms with Crippen molar-refractivity contribution in [2.24, 2.45) is 5.92 Å². The Balaban J connectivity index is 2.16. The van der Waals surface area contributed by atoms with Gasteiger partial charge < -0.3 is 14.8 Å². The predicted molar refractivity (Wildman–Crippen MR) is 67.4 cm³/mol. The van der Waals surface area contributed by atoms with Crippen molar-refractivity contribution in [1.29, 1.82) is 0 Å². The summed E-state index contributed by atoms with van der Waals surface area (Å²) in [7, 11) is 0. The summed E-state index contributed by atoms with van der Waals surface area (Å²) in [6.45, 7) is 8.31. The van der Waals surface area contributed by atoms with Crippen molar-refractivity contribution in [2.45, 2.75) is 52.2 Å². The largest absolute Gasteiger partial charge is 0.444 e. The standard InChI is InChI=1S/C13H23NO4/c1-9(11(15)6-5-10-8-17-10)7-14-12(16)18-13(2,3)4/h9-10H,5-8H2,1-4H3,(H,14,16). The van der Waals surface area contributed by atoms with Gasteiger partial charge in [-0.05, 0) is 27.2 Å². The van der Waals surface area contributed by atoms with Gasteiger partial charge in [0, 0.05) is 18.9 Å². The van der Waals surface area contributed by atoms with E-state index in [0.29, 0.717) is 13.0 Å². The fourth-order valence-corrected chi connectivity index (χ4v) is 1.45. The fraction of sp³-hybridized carbons (Fsp3) is 0.846. The lowest BCUT2D eigenvalue weighted by atomic mass is 10.0. The average molecular weight is 257 g/mol. The van der Waals surface area contributed by atoms with Crippen LogP contribution < -0.4 is 5.32 Å². The van der Waals surface area contributed by atoms with Gasteiger partial charge in [0.1, 0.15) is 11.4 Å². The minimum atomic E-state index is -0.513. The Bertz CT molecular complexity index is 305. The zero-order valence-corrected chi connectivity index (χ0v) is 11.6. The highest BCUT2D eigenvalue weighted by molar-refractivity contribution is 5.81. The van der Waals surface area contributed by atoms with Gasteiger partial charge in [-0.2, -0.15) is 0 Å². The Morgan fingerprint density at radius 3 is 2.56 bits per heavy atom. The molecule has 0 aliphatic carbocycles. The number of amides is 1. The van der Waals surface area contributed by atoms with E-state index in [1.54, 1.807) is 20.8 Å². The maximum absolute atomic E-state index is 11.7. The Hall–Kier alpha value is -1.10. The molecule has 1 heterocycles. The van der Waals surface area contributed by atoms with Crippen LogP contribution in [0.15, 0.2) is 0 Å². The number of Topliss-reactive ketones (excluding diaryl/α,β-unsaturated/α-hetero) is 1. The van der Waals surface area contributed by atoms with Crippen molar-refractivity contribution in [2.75, 3.05) is 13.2 Å². The van der Waals surface area contributed by atoms with Gasteiger partial charge in [0.2, 0.25) is 0 Å². The SMILES string of the molecule is CC(CNC(=O)OC(C)(C)C)C(=O)CCC1CO1. The molecule has 0 aromatic carbocycles. The summed E-state index contributed by atoms with van der Waals surface area (Å²) in [6, 6.07) is 0. The minimum Gasteiger partial charge on any atom is -0.444 e. The zero-order chi connectivity index (χ0) is 13.8. The van der Waals surface area contributed by atoms with Crippen molar-refractivity contribution in [3.63, 3.8) is 0 Å². The Morgan fingerprint density at radius 1 is 1.44 bits per heavy atom. The molecule has 1 saturated heterocycles. The van der Waals surface area contributed by atoms with E-state index < -0.39 is 11.7 Å². The fourth-order valence-electron chi connectivity index (χ4n) is 1.45. The lowest BCUT2D eigenvalue weighted by Gasteiger charge is -2.20. The molecular formula is C13H23NO4. The Labute approximate surface area is 108 Å². The van der Waals surface area contributed by atoms with E-state index in [9.17, 15) is 9.59 Å². The van der Waals surface area contributed by atoms with Crippen LogP contribution >= 0.6 is 0 Å². The lowest BCUT2D eigenvalue weighted by molar-refractivity contribution is -0.122. The van der Waals surface area contributed by atoms with Gasteiger partial charge in [-0.1, -0.05) is 6.92 Å². The summed E-state index contributed by atoms with van der Waals surface area (Å²) in [5.41, 5.74) is -0.513. The second-order valence-electron chi connectivity index (χ2n) is 5.74. The van der Waals surface area contributed by atoms with E-state index in [2.05, 4.69) is 5.32 Å². The number of alkyl carbamates (subject to hydrolysis) is 1. The molecule has 1 aliphatic heterocycles. The van der Waals surface area contributed by atoms with Gasteiger partial charge in [-0.25, -0.2) is 4.79 Å². The van der Waals surface area contributed by atoms with Crippen LogP contribution in [0.3, 0.4) is 0 Å². The summed E-state index contributed by atoms with van der Waals surface area (Å²) in [4.78, 5) is 23.1. The molecule has 1 fully saturated rings. The third-order valence-electron chi connectivity index (χ3n) is 2.62. The van der Waals surface area contributed by atoms with E-state index >= 15 is 0 Å². The van der Waals surface area contributed by atoms with E-state index in [4.69, 9.17) is 9.47 Å². The smallest absolute Gasteiger partial charge is 0.407 e. The summed E-state index contributed by atoms with van der Waals surface area (Å²) in [5.74, 6) is -0.0298. The van der Waals surface area contributed by atoms with Gasteiger partial charge in [-0.3, -0.25) is 4.79 Å². The highest BCUT2D eigenvalue weighted by Gasteiger charge is 2.24. The Morgan fingerprint density at radius 2 is 2.06 bits per heavy atom. The predicted octanol–water partition coefficient (Wildman–Crippen LogP) is 1.90. The molecule has 2 atom stereocenters. The quantitative estimate of drug-likeness (QED) is 0.738. The molecule has 1 amide bonds. The molecule has 0 saturated carbocycles. The number of hydrogen-bond donors (Lipinski definition) is 1. The molecule has 0 spiro atoms. The molecule has 2 unspecified atom stereocenters. The van der Waals surface area contributed by atoms with Crippen LogP contribution in [0.4, 0.5) is 4.79 Å². The first-order valence-corrected chi connectivity index (χ1v) is 6.39. The summed E-state index contributed by atoms with van der Waals surface area (Å²) >= 11 is 0. The van der Waals surface area contributed by atoms with Crippen LogP contribution in [0.5, 0.6) is 0 Å². The maximum atomic E-state index is 11.7. The van der Waals surface area contributed by atoms with Crippen LogP contribution in [-0.4, -0.2) is 36.7 Å². The maximum Gasteiger partial charge on any atom is 0.407 e. The number of nitrogens with one attached hydrogen (secondary N) is 1. The monoisotopic (exact) mass is 257 g/mol. The van der Waals surface area contributed by atoms with E-state index in [1.807, 2.05) is 6.92 Å². The number of epoxide rings is 1. The second kappa shape index (κ2) is 6.18. The first kappa shape index (κ1) is 15.0. The van der Waals surface area contributed by atoms with Crippen molar-refractivity contribution >= 4 is 11.9 Å². The number of carbonyl (C=O) groups excluding carboxylic acids is 2. The molecule has 1 N–H and O–H groups in total. The first-order chi connectivity index (χ1) is 8.28. The number of rotatable bonds is 6. The average Bonchev–Trinajstić information content (AvgIpc) is 3.03. The lowest BCUT2D eigenvalue weighted by Crippen LogP contribution is -2.36. The molecule has 5 heteroatoms. The van der Waals surface area contributed by atoms with Crippen LogP contribution in [0.25, 0.3) is 0 Å². The highest BCUT2D eigenvalue weighted by Crippen LogP contribution is 2.17. The molecule has 5 nitrogen and oxygen atoms in total. The third kappa shape index (κ3) is 6.59. The molecule has 0 bridgehead atoms. The van der Waals surface area contributed by atoms with E-state index in [1.165, 1.54) is 0 Å². The number of ketones is 1. The minimum absolute atomic E-state index is 0.154. The van der Waals surface area contributed by atoms with Crippen LogP contribution in [0.2, 0.25) is 0 Å². The molecule has 104 valence electrons. The van der Waals surface area contributed by atoms with Crippen LogP contribution in [0.1, 0.15) is 40.5 Å². The number of ether oxygens (including phenoxy) is 2. The second-order valence-corrected chi connectivity index (χ2v) is 5.74. The van der Waals surface area contributed by atoms with Crippen LogP contribution in [0, 0.1) is 5.92 Å². The molecule has 0 radical (unpaired) electrons. The van der Waals surface area contributed by atoms with Crippen molar-refractivity contribution < 1.29 is 19.1 Å². The van der Waals surface area contributed by atoms with Gasteiger partial charge in [0.15, 0.2) is 0 Å². The van der Waals surface area contributed by atoms with Gasteiger partial charge in [-0.15, -0.1) is 0 Å². The molecule has 1 rings (SSSR count). The van der Waals surface area contributed by atoms with Crippen molar-refractivity contribution in [1.82, 2.24) is 5.32 Å². The summed E-state index contributed by atoms with van der Waals surface area (Å²) < 4.78 is 10.1. The third-order valence-corrected chi connectivity index (χ3v) is 2.62. The van der Waals surface area contributed by atoms with Gasteiger partial charge in [0.25, 0.3) is 0 Å². The van der Waals surface area contributed by atoms with E-state index in [-0.39, 0.29) is 17.8 Å². The molecule has 1 aliphatic rings. The number of hydrogen-bond acceptors (Lipinski definition) is 4. The van der Waals surface area contributed by atoms with Gasteiger partial charge in [0.05, 0.1) is 12.7 Å². The molecule has 0 aromatic heterocycles. The van der Waals surface area contributed by atoms with Gasteiger partial charge >= 0.3 is 6.09 Å². The van der Waals surface area contributed by atoms with E-state index in [0.717, 1.165) is 13.0 Å². The molecule has 0 aromatic rings. The first-order valence-electron chi connectivity index (χ1n) is 6.39. The normalized spacial score (nSPS) is 20.1. The summed E-state index contributed by atoms with van der Waals surface area (Å²) in [5, 5.41) is 2.61.